The van der Waals surface area contributed by atoms with Crippen molar-refractivity contribution in [2.45, 2.75) is 6.42 Å². The predicted octanol–water partition coefficient (Wildman–Crippen LogP) is 4.29. The Morgan fingerprint density at radius 3 is 2.58 bits per heavy atom. The van der Waals surface area contributed by atoms with E-state index in [4.69, 9.17) is 4.42 Å². The first-order valence-corrected chi connectivity index (χ1v) is 8.88. The Bertz CT molecular complexity index is 952. The predicted molar refractivity (Wildman–Crippen MR) is 100 cm³/mol. The van der Waals surface area contributed by atoms with Gasteiger partial charge in [0, 0.05) is 16.4 Å². The molecule has 0 saturated heterocycles. The minimum atomic E-state index is -0.650. The fourth-order valence-corrected chi connectivity index (χ4v) is 3.71. The third kappa shape index (κ3) is 3.76. The molecule has 0 atom stereocenters. The Morgan fingerprint density at radius 1 is 1.08 bits per heavy atom. The van der Waals surface area contributed by atoms with Crippen LogP contribution in [0.4, 0.5) is 0 Å². The van der Waals surface area contributed by atoms with Gasteiger partial charge in [0.05, 0.1) is 4.47 Å². The summed E-state index contributed by atoms with van der Waals surface area (Å²) in [6, 6.07) is 15.0. The van der Waals surface area contributed by atoms with Crippen LogP contribution in [-0.2, 0) is 6.42 Å². The normalized spacial score (nSPS) is 10.8. The van der Waals surface area contributed by atoms with Crippen molar-refractivity contribution >= 4 is 48.7 Å². The van der Waals surface area contributed by atoms with Crippen LogP contribution in [0.3, 0.4) is 0 Å². The van der Waals surface area contributed by atoms with Gasteiger partial charge < -0.3 is 9.73 Å². The number of carbonyl (C=O) groups is 1. The second-order valence-electron chi connectivity index (χ2n) is 5.24. The van der Waals surface area contributed by atoms with Crippen molar-refractivity contribution in [2.24, 2.45) is 0 Å². The number of hydrogen-bond donors (Lipinski definition) is 1. The molecule has 3 aromatic rings. The number of fused-ring (bicyclic) bond motifs is 1. The number of benzene rings is 2. The quantitative estimate of drug-likeness (QED) is 0.603. The molecule has 6 heteroatoms. The maximum absolute atomic E-state index is 12.3. The molecule has 4 nitrogen and oxygen atoms in total. The molecular weight excluding hydrogens is 438 g/mol. The lowest BCUT2D eigenvalue weighted by Crippen LogP contribution is -2.29. The van der Waals surface area contributed by atoms with Gasteiger partial charge in [-0.1, -0.05) is 46.3 Å². The lowest BCUT2D eigenvalue weighted by atomic mass is 10.1. The SMILES string of the molecule is O=C(NCCc1ccccc1)c1cc2cc(Br)cc(Br)c2oc1=O. The smallest absolute Gasteiger partial charge is 0.349 e. The molecule has 3 rings (SSSR count). The van der Waals surface area contributed by atoms with Crippen LogP contribution in [0.25, 0.3) is 11.0 Å². The first kappa shape index (κ1) is 16.9. The molecule has 0 saturated carbocycles. The minimum Gasteiger partial charge on any atom is -0.421 e. The van der Waals surface area contributed by atoms with E-state index >= 15 is 0 Å². The topological polar surface area (TPSA) is 59.3 Å². The van der Waals surface area contributed by atoms with Crippen molar-refractivity contribution in [3.05, 3.63) is 79.0 Å². The van der Waals surface area contributed by atoms with Gasteiger partial charge in [0.1, 0.15) is 5.56 Å². The molecule has 0 aliphatic rings. The average Bonchev–Trinajstić information content (AvgIpc) is 2.56. The van der Waals surface area contributed by atoms with Gasteiger partial charge in [-0.15, -0.1) is 0 Å². The maximum Gasteiger partial charge on any atom is 0.349 e. The monoisotopic (exact) mass is 449 g/mol. The number of carbonyl (C=O) groups excluding carboxylic acids is 1. The highest BCUT2D eigenvalue weighted by molar-refractivity contribution is 9.11. The van der Waals surface area contributed by atoms with Gasteiger partial charge in [0.2, 0.25) is 0 Å². The molecule has 1 amide bonds. The number of nitrogens with one attached hydrogen (secondary N) is 1. The number of halogens is 2. The summed E-state index contributed by atoms with van der Waals surface area (Å²) in [4.78, 5) is 24.4. The highest BCUT2D eigenvalue weighted by atomic mass is 79.9. The molecule has 1 heterocycles. The van der Waals surface area contributed by atoms with Crippen LogP contribution < -0.4 is 10.9 Å². The lowest BCUT2D eigenvalue weighted by Gasteiger charge is -2.06. The largest absolute Gasteiger partial charge is 0.421 e. The standard InChI is InChI=1S/C18H13Br2NO3/c19-13-8-12-9-14(18(23)24-16(12)15(20)10-13)17(22)21-7-6-11-4-2-1-3-5-11/h1-5,8-10H,6-7H2,(H,21,22). The molecule has 1 N–H and O–H groups in total. The van der Waals surface area contributed by atoms with E-state index in [0.29, 0.717) is 28.4 Å². The Kier molecular flexibility index (Phi) is 5.16. The molecule has 0 spiro atoms. The summed E-state index contributed by atoms with van der Waals surface area (Å²) in [7, 11) is 0. The molecular formula is C18H13Br2NO3. The average molecular weight is 451 g/mol. The fraction of sp³-hybridized carbons (Fsp3) is 0.111. The van der Waals surface area contributed by atoms with Gasteiger partial charge >= 0.3 is 5.63 Å². The number of amides is 1. The molecule has 0 aliphatic carbocycles. The second-order valence-corrected chi connectivity index (χ2v) is 7.02. The summed E-state index contributed by atoms with van der Waals surface area (Å²) in [6.07, 6.45) is 0.697. The van der Waals surface area contributed by atoms with Crippen LogP contribution in [-0.4, -0.2) is 12.5 Å². The molecule has 24 heavy (non-hydrogen) atoms. The zero-order chi connectivity index (χ0) is 17.1. The third-order valence-electron chi connectivity index (χ3n) is 3.54. The van der Waals surface area contributed by atoms with Crippen molar-refractivity contribution in [1.29, 1.82) is 0 Å². The van der Waals surface area contributed by atoms with E-state index in [-0.39, 0.29) is 5.56 Å². The lowest BCUT2D eigenvalue weighted by molar-refractivity contribution is 0.0950. The zero-order valence-corrected chi connectivity index (χ0v) is 15.7. The van der Waals surface area contributed by atoms with Crippen LogP contribution in [0.15, 0.2) is 66.7 Å². The fourth-order valence-electron chi connectivity index (χ4n) is 2.38. The molecule has 0 fully saturated rings. The summed E-state index contributed by atoms with van der Waals surface area (Å²) >= 11 is 6.73. The summed E-state index contributed by atoms with van der Waals surface area (Å²) in [5.74, 6) is -0.433. The zero-order valence-electron chi connectivity index (χ0n) is 12.5. The van der Waals surface area contributed by atoms with Crippen molar-refractivity contribution in [3.63, 3.8) is 0 Å². The number of hydrogen-bond acceptors (Lipinski definition) is 3. The molecule has 122 valence electrons. The van der Waals surface area contributed by atoms with Crippen LogP contribution in [0.5, 0.6) is 0 Å². The Balaban J connectivity index is 1.79. The van der Waals surface area contributed by atoms with Gasteiger partial charge in [-0.3, -0.25) is 4.79 Å². The van der Waals surface area contributed by atoms with E-state index in [1.807, 2.05) is 30.3 Å². The van der Waals surface area contributed by atoms with Crippen LogP contribution in [0, 0.1) is 0 Å². The van der Waals surface area contributed by atoms with Gasteiger partial charge in [0.15, 0.2) is 5.58 Å². The minimum absolute atomic E-state index is 0.000520. The van der Waals surface area contributed by atoms with Crippen molar-refractivity contribution in [2.75, 3.05) is 6.54 Å². The van der Waals surface area contributed by atoms with Gasteiger partial charge in [-0.25, -0.2) is 4.79 Å². The second kappa shape index (κ2) is 7.32. The van der Waals surface area contributed by atoms with Gasteiger partial charge in [-0.2, -0.15) is 0 Å². The van der Waals surface area contributed by atoms with E-state index in [1.54, 1.807) is 18.2 Å². The molecule has 0 bridgehead atoms. The van der Waals surface area contributed by atoms with E-state index < -0.39 is 11.5 Å². The van der Waals surface area contributed by atoms with Crippen LogP contribution in [0.1, 0.15) is 15.9 Å². The highest BCUT2D eigenvalue weighted by Gasteiger charge is 2.15. The van der Waals surface area contributed by atoms with E-state index in [2.05, 4.69) is 37.2 Å². The molecule has 2 aromatic carbocycles. The van der Waals surface area contributed by atoms with E-state index in [9.17, 15) is 9.59 Å². The molecule has 1 aromatic heterocycles. The summed E-state index contributed by atoms with van der Waals surface area (Å²) in [5.41, 5.74) is 0.892. The first-order valence-electron chi connectivity index (χ1n) is 7.29. The van der Waals surface area contributed by atoms with Gasteiger partial charge in [0.25, 0.3) is 5.91 Å². The van der Waals surface area contributed by atoms with Crippen molar-refractivity contribution in [1.82, 2.24) is 5.32 Å². The summed E-state index contributed by atoms with van der Waals surface area (Å²) < 4.78 is 6.76. The Labute approximate surface area is 155 Å². The van der Waals surface area contributed by atoms with E-state index in [0.717, 1.165) is 10.0 Å². The van der Waals surface area contributed by atoms with Gasteiger partial charge in [-0.05, 0) is 46.1 Å². The van der Waals surface area contributed by atoms with Crippen molar-refractivity contribution < 1.29 is 9.21 Å². The Morgan fingerprint density at radius 2 is 1.83 bits per heavy atom. The van der Waals surface area contributed by atoms with Crippen LogP contribution >= 0.6 is 31.9 Å². The summed E-state index contributed by atoms with van der Waals surface area (Å²) in [5, 5.41) is 3.43. The van der Waals surface area contributed by atoms with E-state index in [1.165, 1.54) is 0 Å². The molecule has 0 unspecified atom stereocenters. The summed E-state index contributed by atoms with van der Waals surface area (Å²) in [6.45, 7) is 0.447. The number of rotatable bonds is 4. The highest BCUT2D eigenvalue weighted by Crippen LogP contribution is 2.27. The molecule has 0 radical (unpaired) electrons. The van der Waals surface area contributed by atoms with Crippen molar-refractivity contribution in [3.8, 4) is 0 Å². The van der Waals surface area contributed by atoms with Crippen LogP contribution in [0.2, 0.25) is 0 Å². The maximum atomic E-state index is 12.3. The first-order chi connectivity index (χ1) is 11.5. The Hall–Kier alpha value is -1.92. The molecule has 0 aliphatic heterocycles. The third-order valence-corrected chi connectivity index (χ3v) is 4.59.